The first-order valence-corrected chi connectivity index (χ1v) is 6.85. The van der Waals surface area contributed by atoms with Gasteiger partial charge < -0.3 is 19.7 Å². The SMILES string of the molecule is COc1cc(CO)cc(Cl)c1OCc1ccc(C(=O)O)cc1. The second-order valence-corrected chi connectivity index (χ2v) is 4.97. The van der Waals surface area contributed by atoms with E-state index >= 15 is 0 Å². The van der Waals surface area contributed by atoms with E-state index < -0.39 is 5.97 Å². The molecule has 0 aliphatic rings. The molecule has 0 unspecified atom stereocenters. The lowest BCUT2D eigenvalue weighted by molar-refractivity contribution is 0.0697. The van der Waals surface area contributed by atoms with Crippen molar-refractivity contribution in [1.29, 1.82) is 0 Å². The van der Waals surface area contributed by atoms with Gasteiger partial charge in [0.25, 0.3) is 0 Å². The second-order valence-electron chi connectivity index (χ2n) is 4.56. The summed E-state index contributed by atoms with van der Waals surface area (Å²) in [5.74, 6) is -0.167. The van der Waals surface area contributed by atoms with Crippen molar-refractivity contribution in [3.8, 4) is 11.5 Å². The van der Waals surface area contributed by atoms with Gasteiger partial charge in [0.15, 0.2) is 11.5 Å². The zero-order valence-electron chi connectivity index (χ0n) is 11.9. The number of ether oxygens (including phenoxy) is 2. The lowest BCUT2D eigenvalue weighted by Crippen LogP contribution is -2.01. The third-order valence-corrected chi connectivity index (χ3v) is 3.34. The summed E-state index contributed by atoms with van der Waals surface area (Å²) in [6.07, 6.45) is 0. The Labute approximate surface area is 132 Å². The number of methoxy groups -OCH3 is 1. The number of carboxylic acid groups (broad SMARTS) is 1. The number of carboxylic acids is 1. The summed E-state index contributed by atoms with van der Waals surface area (Å²) >= 11 is 6.13. The van der Waals surface area contributed by atoms with Gasteiger partial charge >= 0.3 is 5.97 Å². The third kappa shape index (κ3) is 3.69. The minimum absolute atomic E-state index is 0.146. The number of aliphatic hydroxyl groups is 1. The van der Waals surface area contributed by atoms with Crippen LogP contribution in [0.5, 0.6) is 11.5 Å². The van der Waals surface area contributed by atoms with E-state index in [2.05, 4.69) is 0 Å². The highest BCUT2D eigenvalue weighted by Crippen LogP contribution is 2.36. The molecule has 0 aromatic heterocycles. The molecular formula is C16H15ClO5. The van der Waals surface area contributed by atoms with Crippen molar-refractivity contribution >= 4 is 17.6 Å². The molecule has 22 heavy (non-hydrogen) atoms. The van der Waals surface area contributed by atoms with Crippen LogP contribution in [0.25, 0.3) is 0 Å². The Morgan fingerprint density at radius 2 is 1.86 bits per heavy atom. The predicted octanol–water partition coefficient (Wildman–Crippen LogP) is 3.12. The molecule has 6 heteroatoms. The minimum atomic E-state index is -0.975. The standard InChI is InChI=1S/C16H15ClO5/c1-21-14-7-11(8-18)6-13(17)15(14)22-9-10-2-4-12(5-3-10)16(19)20/h2-7,18H,8-9H2,1H3,(H,19,20). The first kappa shape index (κ1) is 16.1. The lowest BCUT2D eigenvalue weighted by Gasteiger charge is -2.13. The summed E-state index contributed by atoms with van der Waals surface area (Å²) in [5, 5.41) is 18.3. The van der Waals surface area contributed by atoms with Crippen molar-refractivity contribution in [3.63, 3.8) is 0 Å². The van der Waals surface area contributed by atoms with Crippen LogP contribution in [0.3, 0.4) is 0 Å². The fourth-order valence-electron chi connectivity index (χ4n) is 1.90. The monoisotopic (exact) mass is 322 g/mol. The van der Waals surface area contributed by atoms with Gasteiger partial charge in [-0.1, -0.05) is 23.7 Å². The largest absolute Gasteiger partial charge is 0.493 e. The van der Waals surface area contributed by atoms with Crippen LogP contribution in [-0.4, -0.2) is 23.3 Å². The first-order valence-electron chi connectivity index (χ1n) is 6.47. The van der Waals surface area contributed by atoms with Crippen molar-refractivity contribution in [1.82, 2.24) is 0 Å². The zero-order valence-corrected chi connectivity index (χ0v) is 12.6. The van der Waals surface area contributed by atoms with Gasteiger partial charge in [-0.25, -0.2) is 4.79 Å². The molecule has 0 fully saturated rings. The molecule has 0 bridgehead atoms. The van der Waals surface area contributed by atoms with E-state index in [1.54, 1.807) is 24.3 Å². The van der Waals surface area contributed by atoms with Crippen molar-refractivity contribution in [2.75, 3.05) is 7.11 Å². The number of halogens is 1. The molecule has 0 heterocycles. The van der Waals surface area contributed by atoms with E-state index in [1.807, 2.05) is 0 Å². The van der Waals surface area contributed by atoms with Crippen LogP contribution < -0.4 is 9.47 Å². The van der Waals surface area contributed by atoms with E-state index in [1.165, 1.54) is 19.2 Å². The number of hydrogen-bond donors (Lipinski definition) is 2. The van der Waals surface area contributed by atoms with Crippen molar-refractivity contribution in [2.45, 2.75) is 13.2 Å². The summed E-state index contributed by atoms with van der Waals surface area (Å²) in [5.41, 5.74) is 1.64. The first-order chi connectivity index (χ1) is 10.5. The van der Waals surface area contributed by atoms with Gasteiger partial charge in [0.1, 0.15) is 6.61 Å². The maximum atomic E-state index is 10.8. The Balaban J connectivity index is 2.15. The fraction of sp³-hybridized carbons (Fsp3) is 0.188. The average Bonchev–Trinajstić information content (AvgIpc) is 2.53. The van der Waals surface area contributed by atoms with Gasteiger partial charge in [0.2, 0.25) is 0 Å². The lowest BCUT2D eigenvalue weighted by atomic mass is 10.1. The topological polar surface area (TPSA) is 76.0 Å². The van der Waals surface area contributed by atoms with E-state index in [0.717, 1.165) is 5.56 Å². The van der Waals surface area contributed by atoms with Crippen LogP contribution in [0, 0.1) is 0 Å². The zero-order chi connectivity index (χ0) is 16.1. The van der Waals surface area contributed by atoms with Crippen LogP contribution in [-0.2, 0) is 13.2 Å². The summed E-state index contributed by atoms with van der Waals surface area (Å²) < 4.78 is 10.9. The number of rotatable bonds is 6. The van der Waals surface area contributed by atoms with Gasteiger partial charge in [-0.3, -0.25) is 0 Å². The van der Waals surface area contributed by atoms with E-state index in [0.29, 0.717) is 22.1 Å². The van der Waals surface area contributed by atoms with Gasteiger partial charge in [0, 0.05) is 0 Å². The Morgan fingerprint density at radius 3 is 2.41 bits per heavy atom. The number of benzene rings is 2. The van der Waals surface area contributed by atoms with Gasteiger partial charge in [-0.05, 0) is 35.4 Å². The molecule has 2 aromatic rings. The molecule has 0 amide bonds. The van der Waals surface area contributed by atoms with Crippen molar-refractivity contribution in [3.05, 3.63) is 58.1 Å². The maximum Gasteiger partial charge on any atom is 0.335 e. The van der Waals surface area contributed by atoms with Gasteiger partial charge in [-0.15, -0.1) is 0 Å². The molecule has 0 spiro atoms. The van der Waals surface area contributed by atoms with Crippen molar-refractivity contribution in [2.24, 2.45) is 0 Å². The molecule has 0 radical (unpaired) electrons. The molecule has 0 saturated heterocycles. The second kappa shape index (κ2) is 7.15. The van der Waals surface area contributed by atoms with Crippen LogP contribution in [0.15, 0.2) is 36.4 Å². The highest BCUT2D eigenvalue weighted by atomic mass is 35.5. The van der Waals surface area contributed by atoms with Crippen LogP contribution in [0.2, 0.25) is 5.02 Å². The molecule has 0 atom stereocenters. The summed E-state index contributed by atoms with van der Waals surface area (Å²) in [6.45, 7) is 0.0709. The number of aromatic carboxylic acids is 1. The van der Waals surface area contributed by atoms with Crippen LogP contribution in [0.1, 0.15) is 21.5 Å². The molecule has 2 N–H and O–H groups in total. The van der Waals surface area contributed by atoms with Crippen molar-refractivity contribution < 1.29 is 24.5 Å². The van der Waals surface area contributed by atoms with E-state index in [4.69, 9.17) is 31.3 Å². The normalized spacial score (nSPS) is 10.3. The molecule has 2 aromatic carbocycles. The highest BCUT2D eigenvalue weighted by Gasteiger charge is 2.12. The quantitative estimate of drug-likeness (QED) is 0.854. The Kier molecular flexibility index (Phi) is 5.25. The van der Waals surface area contributed by atoms with Crippen LogP contribution >= 0.6 is 11.6 Å². The van der Waals surface area contributed by atoms with E-state index in [-0.39, 0.29) is 18.8 Å². The number of aliphatic hydroxyl groups excluding tert-OH is 1. The van der Waals surface area contributed by atoms with Gasteiger partial charge in [0.05, 0.1) is 24.3 Å². The fourth-order valence-corrected chi connectivity index (χ4v) is 2.19. The smallest absolute Gasteiger partial charge is 0.335 e. The van der Waals surface area contributed by atoms with Crippen LogP contribution in [0.4, 0.5) is 0 Å². The molecule has 2 rings (SSSR count). The molecule has 116 valence electrons. The molecule has 0 saturated carbocycles. The summed E-state index contributed by atoms with van der Waals surface area (Å²) in [6, 6.07) is 9.61. The Hall–Kier alpha value is -2.24. The third-order valence-electron chi connectivity index (χ3n) is 3.06. The Morgan fingerprint density at radius 1 is 1.18 bits per heavy atom. The minimum Gasteiger partial charge on any atom is -0.493 e. The average molecular weight is 323 g/mol. The predicted molar refractivity (Wildman–Crippen MR) is 81.7 cm³/mol. The molecular weight excluding hydrogens is 308 g/mol. The summed E-state index contributed by atoms with van der Waals surface area (Å²) in [7, 11) is 1.49. The maximum absolute atomic E-state index is 10.8. The molecule has 5 nitrogen and oxygen atoms in total. The molecule has 0 aliphatic heterocycles. The van der Waals surface area contributed by atoms with E-state index in [9.17, 15) is 4.79 Å². The Bertz CT molecular complexity index is 667. The number of carbonyl (C=O) groups is 1. The molecule has 0 aliphatic carbocycles. The highest BCUT2D eigenvalue weighted by molar-refractivity contribution is 6.32. The van der Waals surface area contributed by atoms with Gasteiger partial charge in [-0.2, -0.15) is 0 Å². The summed E-state index contributed by atoms with van der Waals surface area (Å²) in [4.78, 5) is 10.8. The number of hydrogen-bond acceptors (Lipinski definition) is 4.